The van der Waals surface area contributed by atoms with Crippen LogP contribution >= 0.6 is 0 Å². The van der Waals surface area contributed by atoms with Crippen LogP contribution in [-0.2, 0) is 28.6 Å². The fourth-order valence-corrected chi connectivity index (χ4v) is 9.88. The normalized spacial score (nSPS) is 12.5. The Morgan fingerprint density at radius 3 is 0.795 bits per heavy atom. The van der Waals surface area contributed by atoms with Gasteiger partial charge < -0.3 is 14.2 Å². The quantitative estimate of drug-likeness (QED) is 0.0261. The molecule has 0 aliphatic carbocycles. The molecule has 0 N–H and O–H groups in total. The van der Waals surface area contributed by atoms with Crippen LogP contribution in [0.1, 0.15) is 348 Å². The molecule has 0 aromatic heterocycles. The van der Waals surface area contributed by atoms with Crippen LogP contribution < -0.4 is 0 Å². The molecule has 0 amide bonds. The molecule has 1 atom stereocenters. The maximum atomic E-state index is 12.9. The molecule has 0 fully saturated rings. The molecule has 0 spiro atoms. The van der Waals surface area contributed by atoms with E-state index >= 15 is 0 Å². The fourth-order valence-electron chi connectivity index (χ4n) is 9.88. The topological polar surface area (TPSA) is 78.9 Å². The predicted molar refractivity (Wildman–Crippen MR) is 339 cm³/mol. The summed E-state index contributed by atoms with van der Waals surface area (Å²) in [6, 6.07) is 0. The highest BCUT2D eigenvalue weighted by atomic mass is 16.6. The molecular weight excluding hydrogens is 961 g/mol. The van der Waals surface area contributed by atoms with Crippen LogP contribution in [0.5, 0.6) is 0 Å². The van der Waals surface area contributed by atoms with E-state index in [0.29, 0.717) is 19.3 Å². The lowest BCUT2D eigenvalue weighted by Gasteiger charge is -2.18. The van der Waals surface area contributed by atoms with Crippen molar-refractivity contribution in [2.45, 2.75) is 354 Å². The van der Waals surface area contributed by atoms with Crippen LogP contribution in [0.3, 0.4) is 0 Å². The number of carbonyl (C=O) groups excluding carboxylic acids is 3. The van der Waals surface area contributed by atoms with Gasteiger partial charge in [0.25, 0.3) is 0 Å². The molecule has 0 aromatic carbocycles. The Hall–Kier alpha value is -3.15. The first-order valence-electron chi connectivity index (χ1n) is 33.9. The zero-order valence-corrected chi connectivity index (χ0v) is 51.9. The van der Waals surface area contributed by atoms with E-state index < -0.39 is 6.10 Å². The Kier molecular flexibility index (Phi) is 63.7. The molecule has 0 aliphatic heterocycles. The standard InChI is InChI=1S/C72H128O6/c1-4-7-10-13-16-19-22-24-26-28-30-31-32-33-34-35-36-37-38-39-40-41-43-44-46-48-50-53-56-59-62-65-71(74)77-68-69(67-76-70(73)64-61-58-55-52-21-18-15-12-9-6-3)78-72(75)66-63-60-57-54-51-49-47-45-42-29-27-25-23-20-17-14-11-8-5-2/h7,10,16,19,24-27,30-31,33-34,69H,4-6,8-9,11-15,17-18,20-23,28-29,32,35-68H2,1-3H3/b10-7-,19-16-,26-24-,27-25-,31-30-,34-33-. The van der Waals surface area contributed by atoms with Crippen LogP contribution in [0.25, 0.3) is 0 Å². The summed E-state index contributed by atoms with van der Waals surface area (Å²) in [7, 11) is 0. The summed E-state index contributed by atoms with van der Waals surface area (Å²) in [5.74, 6) is -0.856. The summed E-state index contributed by atoms with van der Waals surface area (Å²) >= 11 is 0. The molecule has 1 unspecified atom stereocenters. The Balaban J connectivity index is 4.14. The Bertz CT molecular complexity index is 1440. The Labute approximate surface area is 484 Å². The van der Waals surface area contributed by atoms with Crippen LogP contribution in [0, 0.1) is 0 Å². The average molecular weight is 1090 g/mol. The summed E-state index contributed by atoms with van der Waals surface area (Å²) in [5, 5.41) is 0. The van der Waals surface area contributed by atoms with Gasteiger partial charge in [-0.25, -0.2) is 0 Å². The van der Waals surface area contributed by atoms with E-state index in [9.17, 15) is 14.4 Å². The molecule has 0 bridgehead atoms. The van der Waals surface area contributed by atoms with Crippen molar-refractivity contribution >= 4 is 17.9 Å². The highest BCUT2D eigenvalue weighted by Gasteiger charge is 2.19. The maximum Gasteiger partial charge on any atom is 0.306 e. The van der Waals surface area contributed by atoms with Gasteiger partial charge in [0.1, 0.15) is 13.2 Å². The highest BCUT2D eigenvalue weighted by molar-refractivity contribution is 5.71. The summed E-state index contributed by atoms with van der Waals surface area (Å²) in [4.78, 5) is 38.3. The Morgan fingerprint density at radius 1 is 0.269 bits per heavy atom. The minimum Gasteiger partial charge on any atom is -0.462 e. The first-order chi connectivity index (χ1) is 38.5. The second-order valence-electron chi connectivity index (χ2n) is 22.7. The zero-order chi connectivity index (χ0) is 56.4. The summed E-state index contributed by atoms with van der Waals surface area (Å²) < 4.78 is 16.9. The Morgan fingerprint density at radius 2 is 0.500 bits per heavy atom. The van der Waals surface area contributed by atoms with E-state index in [1.807, 2.05) is 0 Å². The van der Waals surface area contributed by atoms with E-state index in [1.165, 1.54) is 218 Å². The van der Waals surface area contributed by atoms with E-state index in [1.54, 1.807) is 0 Å². The van der Waals surface area contributed by atoms with Crippen molar-refractivity contribution in [3.8, 4) is 0 Å². The van der Waals surface area contributed by atoms with Gasteiger partial charge in [0.05, 0.1) is 0 Å². The third-order valence-electron chi connectivity index (χ3n) is 14.9. The lowest BCUT2D eigenvalue weighted by molar-refractivity contribution is -0.167. The molecule has 0 aliphatic rings. The second-order valence-corrected chi connectivity index (χ2v) is 22.7. The largest absolute Gasteiger partial charge is 0.462 e. The maximum absolute atomic E-state index is 12.9. The molecule has 0 radical (unpaired) electrons. The van der Waals surface area contributed by atoms with E-state index in [4.69, 9.17) is 14.2 Å². The number of unbranched alkanes of at least 4 members (excludes halogenated alkanes) is 39. The smallest absolute Gasteiger partial charge is 0.306 e. The van der Waals surface area contributed by atoms with Gasteiger partial charge >= 0.3 is 17.9 Å². The molecule has 78 heavy (non-hydrogen) atoms. The molecule has 0 saturated carbocycles. The molecule has 0 aromatic rings. The number of ether oxygens (including phenoxy) is 3. The van der Waals surface area contributed by atoms with Crippen molar-refractivity contribution in [3.05, 3.63) is 72.9 Å². The monoisotopic (exact) mass is 1090 g/mol. The number of rotatable bonds is 62. The van der Waals surface area contributed by atoms with Gasteiger partial charge in [-0.2, -0.15) is 0 Å². The fraction of sp³-hybridized carbons (Fsp3) is 0.792. The number of hydrogen-bond donors (Lipinski definition) is 0. The van der Waals surface area contributed by atoms with Gasteiger partial charge in [-0.1, -0.05) is 312 Å². The van der Waals surface area contributed by atoms with Crippen LogP contribution in [0.15, 0.2) is 72.9 Å². The third-order valence-corrected chi connectivity index (χ3v) is 14.9. The molecule has 0 rings (SSSR count). The summed E-state index contributed by atoms with van der Waals surface area (Å²) in [5.41, 5.74) is 0. The van der Waals surface area contributed by atoms with E-state index in [0.717, 1.165) is 89.9 Å². The van der Waals surface area contributed by atoms with E-state index in [-0.39, 0.29) is 31.1 Å². The zero-order valence-electron chi connectivity index (χ0n) is 51.9. The highest BCUT2D eigenvalue weighted by Crippen LogP contribution is 2.17. The van der Waals surface area contributed by atoms with Gasteiger partial charge in [-0.05, 0) is 89.9 Å². The SMILES string of the molecule is CC/C=C\C/C=C\C/C=C\C/C=C\C/C=C\CCCCCCCCCCCCCCCCCC(=O)OCC(COC(=O)CCCCCCCCCCCC)OC(=O)CCCCCCCCCCC/C=C\CCCCCCCC. The number of esters is 3. The van der Waals surface area contributed by atoms with Crippen molar-refractivity contribution < 1.29 is 28.6 Å². The molecule has 6 nitrogen and oxygen atoms in total. The molecule has 452 valence electrons. The molecular formula is C72H128O6. The van der Waals surface area contributed by atoms with Gasteiger partial charge in [0.2, 0.25) is 0 Å². The van der Waals surface area contributed by atoms with Crippen molar-refractivity contribution in [1.29, 1.82) is 0 Å². The second kappa shape index (κ2) is 66.4. The lowest BCUT2D eigenvalue weighted by Crippen LogP contribution is -2.30. The van der Waals surface area contributed by atoms with Crippen molar-refractivity contribution in [2.24, 2.45) is 0 Å². The molecule has 6 heteroatoms. The van der Waals surface area contributed by atoms with Gasteiger partial charge in [-0.15, -0.1) is 0 Å². The minimum absolute atomic E-state index is 0.0709. The molecule has 0 heterocycles. The average Bonchev–Trinajstić information content (AvgIpc) is 3.44. The first-order valence-corrected chi connectivity index (χ1v) is 33.9. The summed E-state index contributed by atoms with van der Waals surface area (Å²) in [6.45, 7) is 6.55. The van der Waals surface area contributed by atoms with Gasteiger partial charge in [0.15, 0.2) is 6.10 Å². The van der Waals surface area contributed by atoms with Crippen molar-refractivity contribution in [2.75, 3.05) is 13.2 Å². The predicted octanol–water partition coefficient (Wildman–Crippen LogP) is 23.3. The summed E-state index contributed by atoms with van der Waals surface area (Å²) in [6.07, 6.45) is 86.4. The van der Waals surface area contributed by atoms with Crippen molar-refractivity contribution in [1.82, 2.24) is 0 Å². The van der Waals surface area contributed by atoms with Gasteiger partial charge in [-0.3, -0.25) is 14.4 Å². The number of hydrogen-bond acceptors (Lipinski definition) is 6. The van der Waals surface area contributed by atoms with E-state index in [2.05, 4.69) is 93.7 Å². The number of carbonyl (C=O) groups is 3. The molecule has 0 saturated heterocycles. The van der Waals surface area contributed by atoms with Crippen molar-refractivity contribution in [3.63, 3.8) is 0 Å². The van der Waals surface area contributed by atoms with Crippen LogP contribution in [-0.4, -0.2) is 37.2 Å². The van der Waals surface area contributed by atoms with Gasteiger partial charge in [0, 0.05) is 19.3 Å². The number of allylic oxidation sites excluding steroid dienone is 12. The lowest BCUT2D eigenvalue weighted by atomic mass is 10.0. The van der Waals surface area contributed by atoms with Crippen LogP contribution in [0.2, 0.25) is 0 Å². The first kappa shape index (κ1) is 74.8. The third kappa shape index (κ3) is 63.7. The van der Waals surface area contributed by atoms with Crippen LogP contribution in [0.4, 0.5) is 0 Å². The minimum atomic E-state index is -0.773.